The lowest BCUT2D eigenvalue weighted by molar-refractivity contribution is -0.150. The van der Waals surface area contributed by atoms with E-state index in [0.29, 0.717) is 0 Å². The van der Waals surface area contributed by atoms with Crippen LogP contribution in [0.4, 0.5) is 0 Å². The SMILES string of the molecule is COC(=O)C(O)Cc1cccc(OC)c1C. The number of rotatable bonds is 4. The average Bonchev–Trinajstić information content (AvgIpc) is 2.30. The Kier molecular flexibility index (Phi) is 4.31. The molecule has 0 fully saturated rings. The molecule has 0 aliphatic heterocycles. The van der Waals surface area contributed by atoms with Crippen molar-refractivity contribution in [2.24, 2.45) is 0 Å². The molecule has 0 spiro atoms. The summed E-state index contributed by atoms with van der Waals surface area (Å²) in [6, 6.07) is 5.51. The molecule has 0 aliphatic carbocycles. The van der Waals surface area contributed by atoms with Crippen LogP contribution in [0.3, 0.4) is 0 Å². The second kappa shape index (κ2) is 5.51. The second-order valence-electron chi connectivity index (χ2n) is 3.49. The van der Waals surface area contributed by atoms with E-state index >= 15 is 0 Å². The van der Waals surface area contributed by atoms with Gasteiger partial charge in [-0.2, -0.15) is 0 Å². The lowest BCUT2D eigenvalue weighted by Gasteiger charge is -2.12. The maximum Gasteiger partial charge on any atom is 0.335 e. The summed E-state index contributed by atoms with van der Waals surface area (Å²) in [4.78, 5) is 11.1. The molecule has 4 nitrogen and oxygen atoms in total. The Labute approximate surface area is 94.8 Å². The Morgan fingerprint density at radius 2 is 2.12 bits per heavy atom. The van der Waals surface area contributed by atoms with Gasteiger partial charge in [0.25, 0.3) is 0 Å². The van der Waals surface area contributed by atoms with Gasteiger partial charge in [0, 0.05) is 6.42 Å². The topological polar surface area (TPSA) is 55.8 Å². The second-order valence-corrected chi connectivity index (χ2v) is 3.49. The van der Waals surface area contributed by atoms with Gasteiger partial charge in [0.2, 0.25) is 0 Å². The molecule has 1 rings (SSSR count). The summed E-state index contributed by atoms with van der Waals surface area (Å²) < 4.78 is 9.62. The predicted octanol–water partition coefficient (Wildman–Crippen LogP) is 1.08. The molecule has 4 heteroatoms. The molecule has 0 saturated heterocycles. The highest BCUT2D eigenvalue weighted by Gasteiger charge is 2.17. The van der Waals surface area contributed by atoms with Gasteiger partial charge in [0.15, 0.2) is 6.10 Å². The van der Waals surface area contributed by atoms with Gasteiger partial charge >= 0.3 is 5.97 Å². The summed E-state index contributed by atoms with van der Waals surface area (Å²) in [5.41, 5.74) is 1.80. The Morgan fingerprint density at radius 1 is 1.44 bits per heavy atom. The van der Waals surface area contributed by atoms with Gasteiger partial charge in [-0.05, 0) is 24.1 Å². The van der Waals surface area contributed by atoms with E-state index in [1.165, 1.54) is 7.11 Å². The molecule has 16 heavy (non-hydrogen) atoms. The molecule has 0 aliphatic rings. The number of benzene rings is 1. The first kappa shape index (κ1) is 12.5. The van der Waals surface area contributed by atoms with Crippen LogP contribution < -0.4 is 4.74 Å². The van der Waals surface area contributed by atoms with E-state index in [0.717, 1.165) is 16.9 Å². The van der Waals surface area contributed by atoms with Crippen LogP contribution in [-0.4, -0.2) is 31.4 Å². The number of hydrogen-bond acceptors (Lipinski definition) is 4. The van der Waals surface area contributed by atoms with Crippen molar-refractivity contribution in [2.45, 2.75) is 19.4 Å². The van der Waals surface area contributed by atoms with E-state index in [1.54, 1.807) is 7.11 Å². The van der Waals surface area contributed by atoms with Crippen LogP contribution in [0.5, 0.6) is 5.75 Å². The van der Waals surface area contributed by atoms with Crippen molar-refractivity contribution in [1.29, 1.82) is 0 Å². The summed E-state index contributed by atoms with van der Waals surface area (Å²) in [5, 5.41) is 9.54. The highest BCUT2D eigenvalue weighted by Crippen LogP contribution is 2.22. The van der Waals surface area contributed by atoms with Crippen molar-refractivity contribution >= 4 is 5.97 Å². The number of carbonyl (C=O) groups excluding carboxylic acids is 1. The van der Waals surface area contributed by atoms with E-state index in [4.69, 9.17) is 4.74 Å². The summed E-state index contributed by atoms with van der Waals surface area (Å²) in [6.45, 7) is 1.89. The van der Waals surface area contributed by atoms with E-state index in [9.17, 15) is 9.90 Å². The van der Waals surface area contributed by atoms with Crippen LogP contribution in [0.25, 0.3) is 0 Å². The van der Waals surface area contributed by atoms with Gasteiger partial charge in [0.1, 0.15) is 5.75 Å². The first-order chi connectivity index (χ1) is 7.60. The maximum atomic E-state index is 11.1. The highest BCUT2D eigenvalue weighted by atomic mass is 16.5. The molecule has 0 heterocycles. The smallest absolute Gasteiger partial charge is 0.335 e. The van der Waals surface area contributed by atoms with Crippen molar-refractivity contribution in [3.8, 4) is 5.75 Å². The lowest BCUT2D eigenvalue weighted by Crippen LogP contribution is -2.24. The van der Waals surface area contributed by atoms with Gasteiger partial charge < -0.3 is 14.6 Å². The Bertz CT molecular complexity index is 373. The summed E-state index contributed by atoms with van der Waals surface area (Å²) in [7, 11) is 2.84. The van der Waals surface area contributed by atoms with Crippen molar-refractivity contribution in [3.63, 3.8) is 0 Å². The highest BCUT2D eigenvalue weighted by molar-refractivity contribution is 5.74. The minimum atomic E-state index is -1.13. The molecule has 1 N–H and O–H groups in total. The molecule has 1 atom stereocenters. The van der Waals surface area contributed by atoms with Crippen LogP contribution in [0.2, 0.25) is 0 Å². The zero-order valence-electron chi connectivity index (χ0n) is 9.69. The van der Waals surface area contributed by atoms with E-state index < -0.39 is 12.1 Å². The molecule has 1 unspecified atom stereocenters. The number of methoxy groups -OCH3 is 2. The van der Waals surface area contributed by atoms with E-state index in [-0.39, 0.29) is 6.42 Å². The molecular formula is C12H16O4. The fourth-order valence-corrected chi connectivity index (χ4v) is 1.53. The fourth-order valence-electron chi connectivity index (χ4n) is 1.53. The van der Waals surface area contributed by atoms with Crippen LogP contribution in [0, 0.1) is 6.92 Å². The molecule has 0 saturated carbocycles. The fraction of sp³-hybridized carbons (Fsp3) is 0.417. The van der Waals surface area contributed by atoms with Crippen LogP contribution in [0.15, 0.2) is 18.2 Å². The van der Waals surface area contributed by atoms with Crippen molar-refractivity contribution < 1.29 is 19.4 Å². The number of aliphatic hydroxyl groups excluding tert-OH is 1. The van der Waals surface area contributed by atoms with Crippen molar-refractivity contribution in [2.75, 3.05) is 14.2 Å². The summed E-state index contributed by atoms with van der Waals surface area (Å²) >= 11 is 0. The van der Waals surface area contributed by atoms with Gasteiger partial charge in [-0.1, -0.05) is 12.1 Å². The third kappa shape index (κ3) is 2.73. The zero-order valence-corrected chi connectivity index (χ0v) is 9.69. The Hall–Kier alpha value is -1.55. The lowest BCUT2D eigenvalue weighted by atomic mass is 10.0. The minimum absolute atomic E-state index is 0.232. The Morgan fingerprint density at radius 3 is 2.69 bits per heavy atom. The molecule has 0 amide bonds. The van der Waals surface area contributed by atoms with Gasteiger partial charge in [-0.25, -0.2) is 4.79 Å². The number of esters is 1. The number of aliphatic hydroxyl groups is 1. The number of hydrogen-bond donors (Lipinski definition) is 1. The molecule has 88 valence electrons. The van der Waals surface area contributed by atoms with E-state index in [2.05, 4.69) is 4.74 Å². The normalized spacial score (nSPS) is 12.0. The third-order valence-corrected chi connectivity index (χ3v) is 2.50. The predicted molar refractivity (Wildman–Crippen MR) is 59.5 cm³/mol. The van der Waals surface area contributed by atoms with E-state index in [1.807, 2.05) is 25.1 Å². The summed E-state index contributed by atoms with van der Waals surface area (Å²) in [5.74, 6) is 0.122. The monoisotopic (exact) mass is 224 g/mol. The standard InChI is InChI=1S/C12H16O4/c1-8-9(5-4-6-11(8)15-2)7-10(13)12(14)16-3/h4-6,10,13H,7H2,1-3H3. The molecule has 1 aromatic rings. The van der Waals surface area contributed by atoms with Gasteiger partial charge in [-0.3, -0.25) is 0 Å². The van der Waals surface area contributed by atoms with Crippen molar-refractivity contribution in [3.05, 3.63) is 29.3 Å². The number of ether oxygens (including phenoxy) is 2. The maximum absolute atomic E-state index is 11.1. The molecule has 0 aromatic heterocycles. The quantitative estimate of drug-likeness (QED) is 0.777. The van der Waals surface area contributed by atoms with Gasteiger partial charge in [0.05, 0.1) is 14.2 Å². The summed E-state index contributed by atoms with van der Waals surface area (Å²) in [6.07, 6.45) is -0.897. The molecule has 1 aromatic carbocycles. The molecule has 0 bridgehead atoms. The van der Waals surface area contributed by atoms with Crippen LogP contribution >= 0.6 is 0 Å². The largest absolute Gasteiger partial charge is 0.496 e. The molecular weight excluding hydrogens is 208 g/mol. The van der Waals surface area contributed by atoms with Crippen LogP contribution in [-0.2, 0) is 16.0 Å². The number of carbonyl (C=O) groups is 1. The first-order valence-electron chi connectivity index (χ1n) is 4.98. The minimum Gasteiger partial charge on any atom is -0.496 e. The molecule has 0 radical (unpaired) electrons. The average molecular weight is 224 g/mol. The van der Waals surface area contributed by atoms with Gasteiger partial charge in [-0.15, -0.1) is 0 Å². The zero-order chi connectivity index (χ0) is 12.1. The Balaban J connectivity index is 2.85. The van der Waals surface area contributed by atoms with Crippen molar-refractivity contribution in [1.82, 2.24) is 0 Å². The first-order valence-corrected chi connectivity index (χ1v) is 4.98. The van der Waals surface area contributed by atoms with Crippen LogP contribution in [0.1, 0.15) is 11.1 Å². The third-order valence-electron chi connectivity index (χ3n) is 2.50.